The van der Waals surface area contributed by atoms with Crippen LogP contribution in [-0.4, -0.2) is 109 Å². The molecule has 3 nitrogen and oxygen atoms in total. The molecule has 0 N–H and O–H groups in total. The van der Waals surface area contributed by atoms with Gasteiger partial charge >= 0.3 is 123 Å². The molecule has 7 heavy (non-hydrogen) atoms. The standard InChI is InChI=1S/C2O3.2Rb/c3-1-5-2-4;;. The number of hydrogen-bond acceptors (Lipinski definition) is 3. The zero-order valence-electron chi connectivity index (χ0n) is 4.22. The van der Waals surface area contributed by atoms with Gasteiger partial charge in [0.05, 0.1) is 0 Å². The fourth-order valence-corrected chi connectivity index (χ4v) is 4.08. The molecule has 0 saturated heterocycles. The van der Waals surface area contributed by atoms with Crippen molar-refractivity contribution < 1.29 is 14.3 Å². The summed E-state index contributed by atoms with van der Waals surface area (Å²) in [5.74, 6) is 0. The molecule has 0 aromatic rings. The molecule has 0 aliphatic carbocycles. The van der Waals surface area contributed by atoms with E-state index >= 15 is 0 Å². The summed E-state index contributed by atoms with van der Waals surface area (Å²) in [6.45, 7) is 0. The van der Waals surface area contributed by atoms with Crippen molar-refractivity contribution >= 4 is 109 Å². The third-order valence-corrected chi connectivity index (χ3v) is 1.29. The normalized spacial score (nSPS) is 8.00. The van der Waals surface area contributed by atoms with Gasteiger partial charge in [0.25, 0.3) is 0 Å². The molecule has 5 heteroatoms. The SMILES string of the molecule is O=[C]([Rb])O[C](=O)[Rb]. The Balaban J connectivity index is 3.32. The molecule has 0 aromatic carbocycles. The van der Waals surface area contributed by atoms with Crippen molar-refractivity contribution in [3.8, 4) is 0 Å². The summed E-state index contributed by atoms with van der Waals surface area (Å²) < 4.78 is 3.56. The van der Waals surface area contributed by atoms with E-state index in [0.717, 1.165) is 0 Å². The average molecular weight is 243 g/mol. The molecule has 0 spiro atoms. The van der Waals surface area contributed by atoms with Crippen molar-refractivity contribution in [3.05, 3.63) is 0 Å². The van der Waals surface area contributed by atoms with E-state index in [9.17, 15) is 9.59 Å². The van der Waals surface area contributed by atoms with Gasteiger partial charge in [-0.3, -0.25) is 0 Å². The van der Waals surface area contributed by atoms with Gasteiger partial charge in [-0.05, 0) is 0 Å². The van der Waals surface area contributed by atoms with Crippen molar-refractivity contribution in [1.82, 2.24) is 0 Å². The zero-order valence-corrected chi connectivity index (χ0v) is 14.1. The zero-order chi connectivity index (χ0) is 5.86. The first-order valence-electron chi connectivity index (χ1n) is 1.82. The first-order chi connectivity index (χ1) is 3.13. The summed E-state index contributed by atoms with van der Waals surface area (Å²) in [4.78, 5) is 19.9. The molecule has 0 fully saturated rings. The Hall–Kier alpha value is 2.75. The van der Waals surface area contributed by atoms with Crippen LogP contribution >= 0.6 is 0 Å². The van der Waals surface area contributed by atoms with E-state index in [1.807, 2.05) is 0 Å². The van der Waals surface area contributed by atoms with E-state index in [0.29, 0.717) is 0 Å². The van der Waals surface area contributed by atoms with E-state index in [4.69, 9.17) is 0 Å². The summed E-state index contributed by atoms with van der Waals surface area (Å²) in [6.07, 6.45) is 0. The van der Waals surface area contributed by atoms with Gasteiger partial charge in [0.15, 0.2) is 0 Å². The molecule has 0 aromatic heterocycles. The number of carbonyl (C=O) groups is 2. The van der Waals surface area contributed by atoms with Gasteiger partial charge in [0.2, 0.25) is 0 Å². The summed E-state index contributed by atoms with van der Waals surface area (Å²) in [5.41, 5.74) is 0. The van der Waals surface area contributed by atoms with Gasteiger partial charge in [-0.15, -0.1) is 0 Å². The van der Waals surface area contributed by atoms with E-state index < -0.39 is 0 Å². The van der Waals surface area contributed by atoms with Crippen LogP contribution in [0.2, 0.25) is 0 Å². The summed E-state index contributed by atoms with van der Waals surface area (Å²) >= 11 is -0.282. The van der Waals surface area contributed by atoms with E-state index in [1.165, 1.54) is 0 Å². The Bertz CT molecular complexity index is 87.1. The number of carbonyl (C=O) groups excluding carboxylic acids is 2. The van der Waals surface area contributed by atoms with Crippen molar-refractivity contribution in [2.24, 2.45) is 0 Å². The molecule has 0 heterocycles. The fourth-order valence-electron chi connectivity index (χ4n) is 0.202. The Kier molecular flexibility index (Phi) is 7.70. The van der Waals surface area contributed by atoms with Crippen molar-refractivity contribution in [3.63, 3.8) is 0 Å². The minimum absolute atomic E-state index is 0.141. The fraction of sp³-hybridized carbons (Fsp3) is 0. The molecule has 0 bridgehead atoms. The molecule has 0 radical (unpaired) electrons. The van der Waals surface area contributed by atoms with E-state index in [1.54, 1.807) is 0 Å². The van der Waals surface area contributed by atoms with Crippen LogP contribution in [0.25, 0.3) is 0 Å². The van der Waals surface area contributed by atoms with Gasteiger partial charge < -0.3 is 0 Å². The first-order valence-corrected chi connectivity index (χ1v) is 6.73. The second-order valence-corrected chi connectivity index (χ2v) is 5.10. The summed E-state index contributed by atoms with van der Waals surface area (Å²) in [5, 5.41) is 0. The predicted octanol–water partition coefficient (Wildman–Crippen LogP) is -0.420. The molecule has 28 valence electrons. The Morgan fingerprint density at radius 3 is 1.43 bits per heavy atom. The second-order valence-electron chi connectivity index (χ2n) is 1.09. The van der Waals surface area contributed by atoms with Gasteiger partial charge in [0.1, 0.15) is 0 Å². The maximum atomic E-state index is 9.94. The molecule has 0 amide bonds. The van der Waals surface area contributed by atoms with Gasteiger partial charge in [-0.2, -0.15) is 0 Å². The van der Waals surface area contributed by atoms with Crippen LogP contribution < -0.4 is 0 Å². The Labute approximate surface area is 119 Å². The Morgan fingerprint density at radius 2 is 1.43 bits per heavy atom. The van der Waals surface area contributed by atoms with Crippen molar-refractivity contribution in [2.45, 2.75) is 0 Å². The molecule has 0 aliphatic heterocycles. The van der Waals surface area contributed by atoms with Crippen molar-refractivity contribution in [2.75, 3.05) is 0 Å². The topological polar surface area (TPSA) is 43.4 Å². The van der Waals surface area contributed by atoms with Crippen LogP contribution in [0.1, 0.15) is 0 Å². The molecular weight excluding hydrogens is 243 g/mol. The molecule has 0 aliphatic rings. The van der Waals surface area contributed by atoms with Crippen LogP contribution in [0.4, 0.5) is 9.59 Å². The third-order valence-electron chi connectivity index (χ3n) is 0.287. The number of ether oxygens (including phenoxy) is 1. The summed E-state index contributed by atoms with van der Waals surface area (Å²) in [7, 11) is 0. The quantitative estimate of drug-likeness (QED) is 0.542. The number of hydrogen-bond donors (Lipinski definition) is 0. The van der Waals surface area contributed by atoms with Gasteiger partial charge in [0, 0.05) is 0 Å². The maximum absolute atomic E-state index is 9.94. The second kappa shape index (κ2) is 5.53. The predicted molar refractivity (Wildman–Crippen MR) is 23.4 cm³/mol. The number of rotatable bonds is 0. The Morgan fingerprint density at radius 1 is 1.14 bits per heavy atom. The van der Waals surface area contributed by atoms with Crippen LogP contribution in [0, 0.1) is 0 Å². The molecule has 0 saturated carbocycles. The monoisotopic (exact) mass is 242 g/mol. The van der Waals surface area contributed by atoms with E-state index in [-0.39, 0.29) is 109 Å². The summed E-state index contributed by atoms with van der Waals surface area (Å²) in [6, 6.07) is 0. The van der Waals surface area contributed by atoms with Gasteiger partial charge in [-0.1, -0.05) is 0 Å². The molecule has 0 rings (SSSR count). The van der Waals surface area contributed by atoms with Crippen LogP contribution in [0.15, 0.2) is 0 Å². The van der Waals surface area contributed by atoms with E-state index in [2.05, 4.69) is 4.74 Å². The average Bonchev–Trinajstić information content (AvgIpc) is 1.27. The van der Waals surface area contributed by atoms with Gasteiger partial charge in [-0.25, -0.2) is 0 Å². The van der Waals surface area contributed by atoms with Crippen LogP contribution in [0.3, 0.4) is 0 Å². The van der Waals surface area contributed by atoms with Crippen LogP contribution in [0.5, 0.6) is 0 Å². The third kappa shape index (κ3) is 8.75. The van der Waals surface area contributed by atoms with Crippen LogP contribution in [-0.2, 0) is 4.74 Å². The molecular formula is C2O3Rb2. The van der Waals surface area contributed by atoms with Crippen molar-refractivity contribution in [1.29, 1.82) is 0 Å². The minimum atomic E-state index is -0.300. The molecule has 0 atom stereocenters. The first kappa shape index (κ1) is 9.75. The molecule has 0 unspecified atom stereocenters.